The fraction of sp³-hybridized carbons (Fsp3) is 0.190. The second-order valence-corrected chi connectivity index (χ2v) is 7.07. The summed E-state index contributed by atoms with van der Waals surface area (Å²) in [6.07, 6.45) is -5.25. The Morgan fingerprint density at radius 3 is 2.20 bits per heavy atom. The van der Waals surface area contributed by atoms with Gasteiger partial charge in [0.25, 0.3) is 5.24 Å². The van der Waals surface area contributed by atoms with Crippen molar-refractivity contribution in [1.29, 1.82) is 0 Å². The molecule has 0 radical (unpaired) electrons. The summed E-state index contributed by atoms with van der Waals surface area (Å²) in [7, 11) is 0. The Morgan fingerprint density at radius 1 is 1.07 bits per heavy atom. The first-order valence-electron chi connectivity index (χ1n) is 8.73. The quantitative estimate of drug-likeness (QED) is 0.284. The van der Waals surface area contributed by atoms with Gasteiger partial charge in [0.15, 0.2) is 17.7 Å². The Labute approximate surface area is 179 Å². The largest absolute Gasteiger partial charge is 0.481 e. The first-order chi connectivity index (χ1) is 14.1. The molecule has 3 rings (SSSR count). The van der Waals surface area contributed by atoms with E-state index in [1.165, 1.54) is 6.07 Å². The van der Waals surface area contributed by atoms with Gasteiger partial charge in [-0.3, -0.25) is 4.79 Å². The Bertz CT molecular complexity index is 1080. The van der Waals surface area contributed by atoms with Crippen molar-refractivity contribution in [1.82, 2.24) is 0 Å². The first kappa shape index (κ1) is 22.2. The highest BCUT2D eigenvalue weighted by molar-refractivity contribution is 6.64. The van der Waals surface area contributed by atoms with Crippen molar-refractivity contribution < 1.29 is 31.8 Å². The fourth-order valence-electron chi connectivity index (χ4n) is 2.82. The standard InChI is InChI=1S/C21H14Cl2F4O3/c1-2-16(20(23)28)29-17-7-3-6-13-12(17)5-4-8-18(13)30-19-14(22)9-11(10-15(19)24)21(25,26)27/h3-10,16H,2H2,1H3. The molecule has 30 heavy (non-hydrogen) atoms. The van der Waals surface area contributed by atoms with Gasteiger partial charge in [0.2, 0.25) is 0 Å². The second-order valence-electron chi connectivity index (χ2n) is 6.30. The van der Waals surface area contributed by atoms with Crippen LogP contribution in [0.3, 0.4) is 0 Å². The van der Waals surface area contributed by atoms with Gasteiger partial charge >= 0.3 is 6.18 Å². The van der Waals surface area contributed by atoms with Gasteiger partial charge in [0.05, 0.1) is 10.6 Å². The lowest BCUT2D eigenvalue weighted by Gasteiger charge is -2.17. The molecule has 0 N–H and O–H groups in total. The number of carbonyl (C=O) groups excluding carboxylic acids is 1. The molecular formula is C21H14Cl2F4O3. The molecule has 0 aliphatic heterocycles. The summed E-state index contributed by atoms with van der Waals surface area (Å²) in [6.45, 7) is 1.74. The van der Waals surface area contributed by atoms with Crippen molar-refractivity contribution in [2.45, 2.75) is 25.6 Å². The predicted molar refractivity (Wildman–Crippen MR) is 106 cm³/mol. The van der Waals surface area contributed by atoms with Crippen LogP contribution >= 0.6 is 23.2 Å². The van der Waals surface area contributed by atoms with Gasteiger partial charge in [-0.05, 0) is 42.3 Å². The number of ether oxygens (including phenoxy) is 2. The SMILES string of the molecule is CCC(Oc1cccc2c(Oc3c(F)cc(C(F)(F)F)cc3Cl)cccc12)C(=O)Cl. The number of benzene rings is 3. The number of rotatable bonds is 6. The maximum atomic E-state index is 14.3. The Morgan fingerprint density at radius 2 is 1.67 bits per heavy atom. The normalized spacial score (nSPS) is 12.6. The molecule has 0 bridgehead atoms. The lowest BCUT2D eigenvalue weighted by Crippen LogP contribution is -2.22. The number of alkyl halides is 3. The van der Waals surface area contributed by atoms with E-state index in [0.29, 0.717) is 35.1 Å². The van der Waals surface area contributed by atoms with Gasteiger partial charge < -0.3 is 9.47 Å². The Hall–Kier alpha value is -2.51. The minimum Gasteiger partial charge on any atom is -0.481 e. The van der Waals surface area contributed by atoms with Gasteiger partial charge in [0.1, 0.15) is 11.5 Å². The molecule has 3 nitrogen and oxygen atoms in total. The van der Waals surface area contributed by atoms with Crippen LogP contribution in [0.4, 0.5) is 17.6 Å². The number of carbonyl (C=O) groups is 1. The van der Waals surface area contributed by atoms with Gasteiger partial charge in [0, 0.05) is 10.8 Å². The van der Waals surface area contributed by atoms with Crippen LogP contribution in [0.5, 0.6) is 17.2 Å². The van der Waals surface area contributed by atoms with Crippen molar-refractivity contribution in [3.8, 4) is 17.2 Å². The van der Waals surface area contributed by atoms with E-state index in [-0.39, 0.29) is 5.75 Å². The van der Waals surface area contributed by atoms with Crippen molar-refractivity contribution in [3.63, 3.8) is 0 Å². The highest BCUT2D eigenvalue weighted by Gasteiger charge is 2.32. The number of fused-ring (bicyclic) bond motifs is 1. The van der Waals surface area contributed by atoms with E-state index in [1.54, 1.807) is 37.3 Å². The molecule has 3 aromatic carbocycles. The van der Waals surface area contributed by atoms with Crippen molar-refractivity contribution >= 4 is 39.2 Å². The van der Waals surface area contributed by atoms with E-state index in [2.05, 4.69) is 0 Å². The predicted octanol–water partition coefficient (Wildman–Crippen LogP) is 7.37. The summed E-state index contributed by atoms with van der Waals surface area (Å²) in [4.78, 5) is 11.5. The molecule has 0 amide bonds. The molecule has 158 valence electrons. The zero-order valence-corrected chi connectivity index (χ0v) is 16.9. The molecule has 0 spiro atoms. The first-order valence-corrected chi connectivity index (χ1v) is 9.49. The van der Waals surface area contributed by atoms with Gasteiger partial charge in [-0.15, -0.1) is 0 Å². The molecule has 0 aliphatic rings. The molecule has 0 saturated heterocycles. The van der Waals surface area contributed by atoms with E-state index >= 15 is 0 Å². The third-order valence-corrected chi connectivity index (χ3v) is 4.80. The highest BCUT2D eigenvalue weighted by Crippen LogP contribution is 2.41. The zero-order valence-electron chi connectivity index (χ0n) is 15.4. The van der Waals surface area contributed by atoms with E-state index in [1.807, 2.05) is 0 Å². The summed E-state index contributed by atoms with van der Waals surface area (Å²) in [5.74, 6) is -1.30. The van der Waals surface area contributed by atoms with Crippen LogP contribution in [0.1, 0.15) is 18.9 Å². The fourth-order valence-corrected chi connectivity index (χ4v) is 3.26. The summed E-state index contributed by atoms with van der Waals surface area (Å²) < 4.78 is 64.0. The van der Waals surface area contributed by atoms with E-state index < -0.39 is 39.7 Å². The van der Waals surface area contributed by atoms with Gasteiger partial charge in [-0.1, -0.05) is 42.8 Å². The lowest BCUT2D eigenvalue weighted by molar-refractivity contribution is -0.137. The molecule has 3 aromatic rings. The summed E-state index contributed by atoms with van der Waals surface area (Å²) >= 11 is 11.4. The lowest BCUT2D eigenvalue weighted by atomic mass is 10.1. The molecule has 0 saturated carbocycles. The average molecular weight is 461 g/mol. The number of hydrogen-bond donors (Lipinski definition) is 0. The monoisotopic (exact) mass is 460 g/mol. The van der Waals surface area contributed by atoms with Crippen LogP contribution < -0.4 is 9.47 Å². The molecule has 0 fully saturated rings. The van der Waals surface area contributed by atoms with Crippen molar-refractivity contribution in [3.05, 3.63) is 64.9 Å². The van der Waals surface area contributed by atoms with Crippen molar-refractivity contribution in [2.24, 2.45) is 0 Å². The molecule has 9 heteroatoms. The van der Waals surface area contributed by atoms with Gasteiger partial charge in [-0.2, -0.15) is 13.2 Å². The Balaban J connectivity index is 2.03. The van der Waals surface area contributed by atoms with Crippen LogP contribution in [0, 0.1) is 5.82 Å². The second kappa shape index (κ2) is 8.70. The van der Waals surface area contributed by atoms with E-state index in [4.69, 9.17) is 32.7 Å². The Kier molecular flexibility index (Phi) is 6.43. The highest BCUT2D eigenvalue weighted by atomic mass is 35.5. The molecule has 0 aliphatic carbocycles. The summed E-state index contributed by atoms with van der Waals surface area (Å²) in [5, 5.41) is -0.164. The maximum Gasteiger partial charge on any atom is 0.416 e. The smallest absolute Gasteiger partial charge is 0.416 e. The molecule has 0 heterocycles. The zero-order chi connectivity index (χ0) is 22.1. The van der Waals surface area contributed by atoms with Gasteiger partial charge in [-0.25, -0.2) is 4.39 Å². The van der Waals surface area contributed by atoms with E-state index in [0.717, 1.165) is 0 Å². The van der Waals surface area contributed by atoms with Crippen LogP contribution in [0.25, 0.3) is 10.8 Å². The topological polar surface area (TPSA) is 35.5 Å². The van der Waals surface area contributed by atoms with Crippen LogP contribution in [0.15, 0.2) is 48.5 Å². The molecule has 1 atom stereocenters. The third-order valence-electron chi connectivity index (χ3n) is 4.27. The number of halogens is 6. The van der Waals surface area contributed by atoms with Crippen LogP contribution in [0.2, 0.25) is 5.02 Å². The van der Waals surface area contributed by atoms with Crippen LogP contribution in [-0.2, 0) is 11.0 Å². The van der Waals surface area contributed by atoms with Crippen LogP contribution in [-0.4, -0.2) is 11.3 Å². The minimum absolute atomic E-state index is 0.142. The molecular weight excluding hydrogens is 447 g/mol. The summed E-state index contributed by atoms with van der Waals surface area (Å²) in [5.41, 5.74) is -1.22. The summed E-state index contributed by atoms with van der Waals surface area (Å²) in [6, 6.07) is 10.6. The minimum atomic E-state index is -4.75. The molecule has 0 aromatic heterocycles. The van der Waals surface area contributed by atoms with E-state index in [9.17, 15) is 22.4 Å². The maximum absolute atomic E-state index is 14.3. The number of hydrogen-bond acceptors (Lipinski definition) is 3. The third kappa shape index (κ3) is 4.63. The average Bonchev–Trinajstić information content (AvgIpc) is 2.67. The van der Waals surface area contributed by atoms with Crippen molar-refractivity contribution in [2.75, 3.05) is 0 Å². The molecule has 1 unspecified atom stereocenters.